The molecule has 0 aliphatic carbocycles. The molecule has 1 saturated heterocycles. The molecule has 0 saturated carbocycles. The van der Waals surface area contributed by atoms with Gasteiger partial charge in [-0.2, -0.15) is 0 Å². The fraction of sp³-hybridized carbons (Fsp3) is 0.273. The Morgan fingerprint density at radius 1 is 1.20 bits per heavy atom. The molecule has 1 heterocycles. The van der Waals surface area contributed by atoms with E-state index in [9.17, 15) is 27.9 Å². The number of ether oxygens (including phenoxy) is 1. The molecule has 2 unspecified atom stereocenters. The quantitative estimate of drug-likeness (QED) is 0.719. The second-order valence-electron chi connectivity index (χ2n) is 4.00. The van der Waals surface area contributed by atoms with Crippen LogP contribution in [0.25, 0.3) is 0 Å². The number of amides is 3. The van der Waals surface area contributed by atoms with Gasteiger partial charge in [-0.3, -0.25) is 10.1 Å². The lowest BCUT2D eigenvalue weighted by Crippen LogP contribution is -2.35. The van der Waals surface area contributed by atoms with Gasteiger partial charge >= 0.3 is 12.4 Å². The number of rotatable bonds is 3. The Kier molecular flexibility index (Phi) is 3.53. The van der Waals surface area contributed by atoms with Gasteiger partial charge in [0.15, 0.2) is 0 Å². The largest absolute Gasteiger partial charge is 0.573 e. The lowest BCUT2D eigenvalue weighted by Gasteiger charge is -2.16. The van der Waals surface area contributed by atoms with Crippen molar-refractivity contribution in [3.05, 3.63) is 29.8 Å². The number of halogens is 3. The normalized spacial score (nSPS) is 20.3. The van der Waals surface area contributed by atoms with Gasteiger partial charge in [0.05, 0.1) is 0 Å². The van der Waals surface area contributed by atoms with E-state index in [1.54, 1.807) is 0 Å². The van der Waals surface area contributed by atoms with Crippen LogP contribution >= 0.6 is 0 Å². The molecule has 9 heteroatoms. The number of carbonyl (C=O) groups is 2. The van der Waals surface area contributed by atoms with Gasteiger partial charge in [0.1, 0.15) is 17.9 Å². The topological polar surface area (TPSA) is 87.7 Å². The zero-order chi connectivity index (χ0) is 14.9. The molecule has 20 heavy (non-hydrogen) atoms. The predicted molar refractivity (Wildman–Crippen MR) is 58.5 cm³/mol. The van der Waals surface area contributed by atoms with Gasteiger partial charge in [0, 0.05) is 0 Å². The van der Waals surface area contributed by atoms with E-state index in [2.05, 4.69) is 10.1 Å². The minimum atomic E-state index is -4.81. The van der Waals surface area contributed by atoms with Crippen molar-refractivity contribution in [2.24, 2.45) is 0 Å². The summed E-state index contributed by atoms with van der Waals surface area (Å²) in [4.78, 5) is 22.2. The van der Waals surface area contributed by atoms with Crippen molar-refractivity contribution < 1.29 is 32.6 Å². The standard InChI is InChI=1S/C11H9F3N2O4/c12-11(13,14)20-6-3-1-5(2-4-6)8(17)7-9(18)16-10(19)15-7/h1-4,7-8,17H,(H2,15,16,18,19). The highest BCUT2D eigenvalue weighted by molar-refractivity contribution is 6.04. The first-order valence-corrected chi connectivity index (χ1v) is 5.41. The van der Waals surface area contributed by atoms with E-state index in [1.807, 2.05) is 5.32 Å². The minimum Gasteiger partial charge on any atom is -0.406 e. The highest BCUT2D eigenvalue weighted by Crippen LogP contribution is 2.25. The number of hydrogen-bond donors (Lipinski definition) is 3. The Morgan fingerprint density at radius 2 is 1.80 bits per heavy atom. The maximum absolute atomic E-state index is 12.0. The first-order chi connectivity index (χ1) is 9.26. The monoisotopic (exact) mass is 290 g/mol. The summed E-state index contributed by atoms with van der Waals surface area (Å²) in [6.07, 6.45) is -6.18. The SMILES string of the molecule is O=C1NC(=O)C(C(O)c2ccc(OC(F)(F)F)cc2)N1. The first kappa shape index (κ1) is 14.1. The van der Waals surface area contributed by atoms with Gasteiger partial charge < -0.3 is 15.2 Å². The Morgan fingerprint density at radius 3 is 2.25 bits per heavy atom. The van der Waals surface area contributed by atoms with E-state index in [1.165, 1.54) is 12.1 Å². The number of imide groups is 1. The lowest BCUT2D eigenvalue weighted by molar-refractivity contribution is -0.274. The third-order valence-electron chi connectivity index (χ3n) is 2.58. The molecule has 1 aliphatic heterocycles. The number of nitrogens with one attached hydrogen (secondary N) is 2. The average Bonchev–Trinajstić information content (AvgIpc) is 2.66. The van der Waals surface area contributed by atoms with E-state index in [4.69, 9.17) is 0 Å². The zero-order valence-corrected chi connectivity index (χ0v) is 9.77. The van der Waals surface area contributed by atoms with Crippen LogP contribution in [0.1, 0.15) is 11.7 Å². The first-order valence-electron chi connectivity index (χ1n) is 5.41. The highest BCUT2D eigenvalue weighted by atomic mass is 19.4. The van der Waals surface area contributed by atoms with Crippen molar-refractivity contribution in [1.29, 1.82) is 0 Å². The van der Waals surface area contributed by atoms with Crippen LogP contribution in [-0.4, -0.2) is 29.4 Å². The number of aliphatic hydroxyl groups is 1. The summed E-state index contributed by atoms with van der Waals surface area (Å²) in [6.45, 7) is 0. The third-order valence-corrected chi connectivity index (χ3v) is 2.58. The molecule has 2 rings (SSSR count). The molecule has 0 spiro atoms. The fourth-order valence-corrected chi connectivity index (χ4v) is 1.71. The molecule has 1 aliphatic rings. The molecule has 3 amide bonds. The average molecular weight is 290 g/mol. The van der Waals surface area contributed by atoms with E-state index in [0.717, 1.165) is 12.1 Å². The van der Waals surface area contributed by atoms with Crippen molar-refractivity contribution >= 4 is 11.9 Å². The maximum atomic E-state index is 12.0. The molecule has 108 valence electrons. The number of carbonyl (C=O) groups excluding carboxylic acids is 2. The van der Waals surface area contributed by atoms with Crippen LogP contribution in [-0.2, 0) is 4.79 Å². The van der Waals surface area contributed by atoms with Crippen molar-refractivity contribution in [2.45, 2.75) is 18.5 Å². The fourth-order valence-electron chi connectivity index (χ4n) is 1.71. The molecular formula is C11H9F3N2O4. The summed E-state index contributed by atoms with van der Waals surface area (Å²) in [5.74, 6) is -1.16. The Labute approximate surface area is 110 Å². The van der Waals surface area contributed by atoms with Gasteiger partial charge in [-0.05, 0) is 17.7 Å². The van der Waals surface area contributed by atoms with Gasteiger partial charge in [0.25, 0.3) is 5.91 Å². The van der Waals surface area contributed by atoms with E-state index >= 15 is 0 Å². The lowest BCUT2D eigenvalue weighted by atomic mass is 10.0. The molecule has 2 atom stereocenters. The smallest absolute Gasteiger partial charge is 0.406 e. The third kappa shape index (κ3) is 3.18. The molecule has 6 nitrogen and oxygen atoms in total. The molecular weight excluding hydrogens is 281 g/mol. The zero-order valence-electron chi connectivity index (χ0n) is 9.77. The van der Waals surface area contributed by atoms with Crippen molar-refractivity contribution in [3.8, 4) is 5.75 Å². The number of alkyl halides is 3. The van der Waals surface area contributed by atoms with Crippen molar-refractivity contribution in [2.75, 3.05) is 0 Å². The minimum absolute atomic E-state index is 0.168. The molecule has 1 fully saturated rings. The summed E-state index contributed by atoms with van der Waals surface area (Å²) >= 11 is 0. The number of urea groups is 1. The molecule has 1 aromatic rings. The van der Waals surface area contributed by atoms with Crippen LogP contribution in [0.4, 0.5) is 18.0 Å². The Bertz CT molecular complexity index is 529. The van der Waals surface area contributed by atoms with Crippen molar-refractivity contribution in [3.63, 3.8) is 0 Å². The summed E-state index contributed by atoms with van der Waals surface area (Å²) in [6, 6.07) is 2.42. The molecule has 1 aromatic carbocycles. The van der Waals surface area contributed by atoms with Gasteiger partial charge in [0.2, 0.25) is 0 Å². The van der Waals surface area contributed by atoms with Crippen LogP contribution in [0.3, 0.4) is 0 Å². The highest BCUT2D eigenvalue weighted by Gasteiger charge is 2.36. The van der Waals surface area contributed by atoms with Gasteiger partial charge in [-0.15, -0.1) is 13.2 Å². The van der Waals surface area contributed by atoms with Crippen LogP contribution in [0, 0.1) is 0 Å². The number of hydrogen-bond acceptors (Lipinski definition) is 4. The summed E-state index contributed by atoms with van der Waals surface area (Å²) in [5.41, 5.74) is 0.168. The Balaban J connectivity index is 2.10. The maximum Gasteiger partial charge on any atom is 0.573 e. The summed E-state index contributed by atoms with van der Waals surface area (Å²) in [7, 11) is 0. The van der Waals surface area contributed by atoms with Crippen molar-refractivity contribution in [1.82, 2.24) is 10.6 Å². The summed E-state index contributed by atoms with van der Waals surface area (Å²) in [5, 5.41) is 14.0. The van der Waals surface area contributed by atoms with E-state index < -0.39 is 36.2 Å². The second kappa shape index (κ2) is 5.00. The van der Waals surface area contributed by atoms with Crippen LogP contribution in [0.5, 0.6) is 5.75 Å². The molecule has 0 radical (unpaired) electrons. The summed E-state index contributed by atoms with van der Waals surface area (Å²) < 4.78 is 39.6. The van der Waals surface area contributed by atoms with E-state index in [-0.39, 0.29) is 5.56 Å². The van der Waals surface area contributed by atoms with Crippen LogP contribution < -0.4 is 15.4 Å². The second-order valence-corrected chi connectivity index (χ2v) is 4.00. The Hall–Kier alpha value is -2.29. The number of benzene rings is 1. The van der Waals surface area contributed by atoms with Crippen LogP contribution in [0.2, 0.25) is 0 Å². The number of aliphatic hydroxyl groups excluding tert-OH is 1. The van der Waals surface area contributed by atoms with Gasteiger partial charge in [-0.25, -0.2) is 4.79 Å². The predicted octanol–water partition coefficient (Wildman–Crippen LogP) is 0.827. The van der Waals surface area contributed by atoms with E-state index in [0.29, 0.717) is 0 Å². The van der Waals surface area contributed by atoms with Gasteiger partial charge in [-0.1, -0.05) is 12.1 Å². The molecule has 0 aromatic heterocycles. The molecule has 3 N–H and O–H groups in total. The van der Waals surface area contributed by atoms with Crippen LogP contribution in [0.15, 0.2) is 24.3 Å². The molecule has 0 bridgehead atoms.